The quantitative estimate of drug-likeness (QED) is 0.838. The van der Waals surface area contributed by atoms with Gasteiger partial charge in [0.2, 0.25) is 5.91 Å². The lowest BCUT2D eigenvalue weighted by molar-refractivity contribution is -0.117. The molecule has 1 aliphatic rings. The van der Waals surface area contributed by atoms with Gasteiger partial charge in [-0.05, 0) is 30.7 Å². The Bertz CT molecular complexity index is 845. The van der Waals surface area contributed by atoms with Gasteiger partial charge in [0.05, 0.1) is 33.5 Å². The molecule has 27 heavy (non-hydrogen) atoms. The number of rotatable bonds is 4. The standard InChI is InChI=1S/C20H20Cl2N4O/c21-16-6-3-7-17(22)20(16)24-19(27)14-25-9-4-10-26(12-11-25)18-8-2-1-5-15(18)13-23/h1-3,5-8H,4,9-12,14H2,(H,24,27). The van der Waals surface area contributed by atoms with Crippen LogP contribution in [0.1, 0.15) is 12.0 Å². The number of halogens is 2. The van der Waals surface area contributed by atoms with E-state index in [9.17, 15) is 10.1 Å². The number of nitriles is 1. The molecule has 0 saturated carbocycles. The molecule has 0 bridgehead atoms. The predicted octanol–water partition coefficient (Wildman–Crippen LogP) is 4.02. The largest absolute Gasteiger partial charge is 0.369 e. The second-order valence-electron chi connectivity index (χ2n) is 6.39. The van der Waals surface area contributed by atoms with E-state index in [4.69, 9.17) is 23.2 Å². The topological polar surface area (TPSA) is 59.4 Å². The Labute approximate surface area is 169 Å². The highest BCUT2D eigenvalue weighted by Crippen LogP contribution is 2.29. The zero-order valence-corrected chi connectivity index (χ0v) is 16.3. The third-order valence-electron chi connectivity index (χ3n) is 4.55. The zero-order valence-electron chi connectivity index (χ0n) is 14.8. The van der Waals surface area contributed by atoms with Crippen LogP contribution in [0.2, 0.25) is 10.0 Å². The van der Waals surface area contributed by atoms with Crippen LogP contribution in [-0.4, -0.2) is 43.5 Å². The Morgan fingerprint density at radius 1 is 1.04 bits per heavy atom. The number of anilines is 2. The van der Waals surface area contributed by atoms with Crippen molar-refractivity contribution in [2.75, 3.05) is 42.9 Å². The number of amides is 1. The van der Waals surface area contributed by atoms with Crippen molar-refractivity contribution in [3.05, 3.63) is 58.1 Å². The molecule has 7 heteroatoms. The van der Waals surface area contributed by atoms with Gasteiger partial charge in [0.1, 0.15) is 6.07 Å². The van der Waals surface area contributed by atoms with E-state index in [0.29, 0.717) is 21.3 Å². The monoisotopic (exact) mass is 402 g/mol. The molecule has 1 heterocycles. The second kappa shape index (κ2) is 9.09. The number of carbonyl (C=O) groups is 1. The molecule has 1 aliphatic heterocycles. The summed E-state index contributed by atoms with van der Waals surface area (Å²) in [4.78, 5) is 16.7. The van der Waals surface area contributed by atoms with Crippen molar-refractivity contribution < 1.29 is 4.79 Å². The van der Waals surface area contributed by atoms with E-state index in [2.05, 4.69) is 21.2 Å². The van der Waals surface area contributed by atoms with Gasteiger partial charge < -0.3 is 10.2 Å². The van der Waals surface area contributed by atoms with E-state index in [1.165, 1.54) is 0 Å². The predicted molar refractivity (Wildman–Crippen MR) is 110 cm³/mol. The number of benzene rings is 2. The SMILES string of the molecule is N#Cc1ccccc1N1CCCN(CC(=O)Nc2c(Cl)cccc2Cl)CC1. The molecule has 3 rings (SSSR count). The van der Waals surface area contributed by atoms with Gasteiger partial charge in [-0.15, -0.1) is 0 Å². The molecule has 5 nitrogen and oxygen atoms in total. The molecule has 0 spiro atoms. The number of hydrogen-bond acceptors (Lipinski definition) is 4. The van der Waals surface area contributed by atoms with Crippen LogP contribution in [0.3, 0.4) is 0 Å². The maximum Gasteiger partial charge on any atom is 0.238 e. The highest BCUT2D eigenvalue weighted by atomic mass is 35.5. The van der Waals surface area contributed by atoms with E-state index >= 15 is 0 Å². The Balaban J connectivity index is 1.60. The van der Waals surface area contributed by atoms with Crippen LogP contribution >= 0.6 is 23.2 Å². The van der Waals surface area contributed by atoms with Crippen LogP contribution in [0.25, 0.3) is 0 Å². The summed E-state index contributed by atoms with van der Waals surface area (Å²) in [6.45, 7) is 3.44. The molecule has 1 amide bonds. The lowest BCUT2D eigenvalue weighted by Crippen LogP contribution is -2.36. The second-order valence-corrected chi connectivity index (χ2v) is 7.20. The van der Waals surface area contributed by atoms with Crippen LogP contribution in [0.4, 0.5) is 11.4 Å². The minimum absolute atomic E-state index is 0.143. The molecule has 2 aromatic carbocycles. The molecule has 0 unspecified atom stereocenters. The normalized spacial score (nSPS) is 15.1. The molecular formula is C20H20Cl2N4O. The molecule has 1 saturated heterocycles. The highest BCUT2D eigenvalue weighted by molar-refractivity contribution is 6.39. The van der Waals surface area contributed by atoms with Crippen molar-refractivity contribution in [2.45, 2.75) is 6.42 Å². The van der Waals surface area contributed by atoms with Gasteiger partial charge in [-0.25, -0.2) is 0 Å². The van der Waals surface area contributed by atoms with E-state index in [-0.39, 0.29) is 12.5 Å². The van der Waals surface area contributed by atoms with Crippen LogP contribution in [0, 0.1) is 11.3 Å². The van der Waals surface area contributed by atoms with Gasteiger partial charge in [-0.2, -0.15) is 5.26 Å². The molecular weight excluding hydrogens is 383 g/mol. The van der Waals surface area contributed by atoms with Crippen molar-refractivity contribution in [2.24, 2.45) is 0 Å². The summed E-state index contributed by atoms with van der Waals surface area (Å²) in [7, 11) is 0. The molecule has 2 aromatic rings. The fourth-order valence-corrected chi connectivity index (χ4v) is 3.71. The van der Waals surface area contributed by atoms with Crippen molar-refractivity contribution in [1.29, 1.82) is 5.26 Å². The summed E-state index contributed by atoms with van der Waals surface area (Å²) in [5.74, 6) is -0.143. The highest BCUT2D eigenvalue weighted by Gasteiger charge is 2.19. The first-order valence-corrected chi connectivity index (χ1v) is 9.54. The van der Waals surface area contributed by atoms with Gasteiger partial charge in [0.25, 0.3) is 0 Å². The number of para-hydroxylation sites is 2. The number of nitrogens with zero attached hydrogens (tertiary/aromatic N) is 3. The minimum Gasteiger partial charge on any atom is -0.369 e. The van der Waals surface area contributed by atoms with Gasteiger partial charge in [0.15, 0.2) is 0 Å². The van der Waals surface area contributed by atoms with Gasteiger partial charge in [0, 0.05) is 26.2 Å². The first kappa shape index (κ1) is 19.5. The van der Waals surface area contributed by atoms with Crippen LogP contribution in [-0.2, 0) is 4.79 Å². The molecule has 0 aliphatic carbocycles. The number of carbonyl (C=O) groups excluding carboxylic acids is 1. The zero-order chi connectivity index (χ0) is 19.2. The van der Waals surface area contributed by atoms with Gasteiger partial charge in [-0.1, -0.05) is 41.4 Å². The first-order chi connectivity index (χ1) is 13.1. The lowest BCUT2D eigenvalue weighted by atomic mass is 10.1. The summed E-state index contributed by atoms with van der Waals surface area (Å²) in [6.07, 6.45) is 0.917. The molecule has 0 atom stereocenters. The van der Waals surface area contributed by atoms with E-state index < -0.39 is 0 Å². The molecule has 1 fully saturated rings. The summed E-state index contributed by atoms with van der Waals surface area (Å²) >= 11 is 12.2. The van der Waals surface area contributed by atoms with E-state index in [1.54, 1.807) is 18.2 Å². The van der Waals surface area contributed by atoms with Crippen LogP contribution in [0.15, 0.2) is 42.5 Å². The Kier molecular flexibility index (Phi) is 6.57. The van der Waals surface area contributed by atoms with Crippen molar-refractivity contribution >= 4 is 40.5 Å². The first-order valence-electron chi connectivity index (χ1n) is 8.79. The van der Waals surface area contributed by atoms with E-state index in [0.717, 1.165) is 38.3 Å². The van der Waals surface area contributed by atoms with Crippen LogP contribution < -0.4 is 10.2 Å². The fourth-order valence-electron chi connectivity index (χ4n) is 3.21. The third-order valence-corrected chi connectivity index (χ3v) is 5.18. The van der Waals surface area contributed by atoms with E-state index in [1.807, 2.05) is 24.3 Å². The van der Waals surface area contributed by atoms with Gasteiger partial charge >= 0.3 is 0 Å². The van der Waals surface area contributed by atoms with Crippen molar-refractivity contribution in [3.8, 4) is 6.07 Å². The number of hydrogen-bond donors (Lipinski definition) is 1. The van der Waals surface area contributed by atoms with Crippen molar-refractivity contribution in [1.82, 2.24) is 4.90 Å². The minimum atomic E-state index is -0.143. The third kappa shape index (κ3) is 4.92. The Morgan fingerprint density at radius 2 is 1.78 bits per heavy atom. The van der Waals surface area contributed by atoms with Crippen LogP contribution in [0.5, 0.6) is 0 Å². The molecule has 1 N–H and O–H groups in total. The summed E-state index contributed by atoms with van der Waals surface area (Å²) < 4.78 is 0. The summed E-state index contributed by atoms with van der Waals surface area (Å²) in [6, 6.07) is 15.0. The fraction of sp³-hybridized carbons (Fsp3) is 0.300. The molecule has 0 radical (unpaired) electrons. The smallest absolute Gasteiger partial charge is 0.238 e. The lowest BCUT2D eigenvalue weighted by Gasteiger charge is -2.24. The summed E-state index contributed by atoms with van der Waals surface area (Å²) in [5.41, 5.74) is 2.08. The molecule has 140 valence electrons. The Hall–Kier alpha value is -2.26. The Morgan fingerprint density at radius 3 is 2.52 bits per heavy atom. The number of nitrogens with one attached hydrogen (secondary N) is 1. The molecule has 0 aromatic heterocycles. The average Bonchev–Trinajstić information content (AvgIpc) is 2.90. The average molecular weight is 403 g/mol. The maximum absolute atomic E-state index is 12.4. The van der Waals surface area contributed by atoms with Crippen molar-refractivity contribution in [3.63, 3.8) is 0 Å². The summed E-state index contributed by atoms with van der Waals surface area (Å²) in [5, 5.41) is 13.0. The maximum atomic E-state index is 12.4. The van der Waals surface area contributed by atoms with Gasteiger partial charge in [-0.3, -0.25) is 9.69 Å².